The maximum Gasteiger partial charge on any atom is 0.332 e. The molecular weight excluding hydrogens is 448 g/mol. The zero-order valence-electron chi connectivity index (χ0n) is 19.7. The van der Waals surface area contributed by atoms with Crippen LogP contribution in [0.3, 0.4) is 0 Å². The fourth-order valence-corrected chi connectivity index (χ4v) is 4.85. The predicted molar refractivity (Wildman–Crippen MR) is 129 cm³/mol. The second kappa shape index (κ2) is 8.95. The summed E-state index contributed by atoms with van der Waals surface area (Å²) < 4.78 is 13.5. The van der Waals surface area contributed by atoms with Crippen LogP contribution in [0.5, 0.6) is 11.5 Å². The number of likely N-dealkylation sites (tertiary alicyclic amines) is 1. The van der Waals surface area contributed by atoms with Gasteiger partial charge in [-0.25, -0.2) is 4.79 Å². The number of carbonyl (C=O) groups is 1. The van der Waals surface area contributed by atoms with E-state index in [-0.39, 0.29) is 24.4 Å². The highest BCUT2D eigenvalue weighted by Crippen LogP contribution is 2.34. The molecule has 0 spiro atoms. The van der Waals surface area contributed by atoms with Gasteiger partial charge in [0.25, 0.3) is 5.56 Å². The van der Waals surface area contributed by atoms with Gasteiger partial charge in [-0.2, -0.15) is 5.26 Å². The fourth-order valence-electron chi connectivity index (χ4n) is 4.85. The molecule has 1 saturated heterocycles. The zero-order valence-corrected chi connectivity index (χ0v) is 19.7. The molecule has 2 heterocycles. The summed E-state index contributed by atoms with van der Waals surface area (Å²) in [5.41, 5.74) is 0.619. The number of fused-ring (bicyclic) bond motifs is 1. The molecule has 35 heavy (non-hydrogen) atoms. The van der Waals surface area contributed by atoms with Gasteiger partial charge < -0.3 is 14.4 Å². The van der Waals surface area contributed by atoms with Gasteiger partial charge in [0.1, 0.15) is 0 Å². The van der Waals surface area contributed by atoms with Crippen molar-refractivity contribution in [1.82, 2.24) is 14.0 Å². The van der Waals surface area contributed by atoms with Crippen molar-refractivity contribution in [2.45, 2.75) is 31.8 Å². The molecule has 1 amide bonds. The van der Waals surface area contributed by atoms with E-state index in [0.29, 0.717) is 53.0 Å². The highest BCUT2D eigenvalue weighted by atomic mass is 16.5. The minimum atomic E-state index is -0.461. The van der Waals surface area contributed by atoms with Crippen LogP contribution >= 0.6 is 0 Å². The van der Waals surface area contributed by atoms with Crippen molar-refractivity contribution in [3.63, 3.8) is 0 Å². The summed E-state index contributed by atoms with van der Waals surface area (Å²) in [4.78, 5) is 41.7. The average Bonchev–Trinajstić information content (AvgIpc) is 3.63. The summed E-state index contributed by atoms with van der Waals surface area (Å²) in [6, 6.07) is 11.8. The van der Waals surface area contributed by atoms with E-state index >= 15 is 0 Å². The first kappa shape index (κ1) is 22.7. The third-order valence-corrected chi connectivity index (χ3v) is 6.85. The largest absolute Gasteiger partial charge is 0.493 e. The second-order valence-electron chi connectivity index (χ2n) is 9.08. The molecule has 0 N–H and O–H groups in total. The Bertz CT molecular complexity index is 1480. The molecule has 2 fully saturated rings. The van der Waals surface area contributed by atoms with E-state index in [4.69, 9.17) is 9.47 Å². The molecule has 1 atom stereocenters. The maximum atomic E-state index is 13.8. The van der Waals surface area contributed by atoms with Crippen molar-refractivity contribution in [1.29, 1.82) is 5.26 Å². The standard InChI is InChI=1S/C26H26N4O5/c1-34-22-8-4-17(12-23(22)35-2)14-29-25(32)20-11-16(13-27)3-7-21(20)30(26(29)33)19-9-10-28(15-19)24(31)18-5-6-18/h3-4,7-8,11-12,18-19H,5-6,9-10,14-15H2,1-2H3. The summed E-state index contributed by atoms with van der Waals surface area (Å²) in [6.45, 7) is 1.04. The number of carbonyl (C=O) groups excluding carboxylic acids is 1. The lowest BCUT2D eigenvalue weighted by Gasteiger charge is -2.21. The van der Waals surface area contributed by atoms with E-state index in [1.54, 1.807) is 34.9 Å². The van der Waals surface area contributed by atoms with Gasteiger partial charge in [-0.1, -0.05) is 6.07 Å². The van der Waals surface area contributed by atoms with Gasteiger partial charge in [0, 0.05) is 19.0 Å². The first-order valence-corrected chi connectivity index (χ1v) is 11.6. The summed E-state index contributed by atoms with van der Waals surface area (Å²) in [5, 5.41) is 9.69. The third kappa shape index (κ3) is 4.05. The predicted octanol–water partition coefficient (Wildman–Crippen LogP) is 2.28. The van der Waals surface area contributed by atoms with E-state index in [1.165, 1.54) is 24.9 Å². The van der Waals surface area contributed by atoms with E-state index in [9.17, 15) is 19.6 Å². The Kier molecular flexibility index (Phi) is 5.81. The van der Waals surface area contributed by atoms with Crippen molar-refractivity contribution in [3.05, 3.63) is 68.4 Å². The lowest BCUT2D eigenvalue weighted by atomic mass is 10.1. The molecule has 5 rings (SSSR count). The van der Waals surface area contributed by atoms with Crippen molar-refractivity contribution < 1.29 is 14.3 Å². The molecule has 1 aliphatic heterocycles. The number of ether oxygens (including phenoxy) is 2. The van der Waals surface area contributed by atoms with Crippen LogP contribution in [0.2, 0.25) is 0 Å². The van der Waals surface area contributed by atoms with Crippen LogP contribution in [-0.2, 0) is 11.3 Å². The van der Waals surface area contributed by atoms with Gasteiger partial charge in [0.15, 0.2) is 11.5 Å². The number of hydrogen-bond acceptors (Lipinski definition) is 6. The van der Waals surface area contributed by atoms with Crippen molar-refractivity contribution in [2.24, 2.45) is 5.92 Å². The molecule has 180 valence electrons. The van der Waals surface area contributed by atoms with Gasteiger partial charge in [-0.3, -0.25) is 18.7 Å². The molecule has 1 aliphatic carbocycles. The van der Waals surface area contributed by atoms with Gasteiger partial charge in [-0.15, -0.1) is 0 Å². The summed E-state index contributed by atoms with van der Waals surface area (Å²) in [6.07, 6.45) is 2.48. The minimum Gasteiger partial charge on any atom is -0.493 e. The first-order chi connectivity index (χ1) is 16.9. The first-order valence-electron chi connectivity index (χ1n) is 11.6. The lowest BCUT2D eigenvalue weighted by Crippen LogP contribution is -2.42. The average molecular weight is 475 g/mol. The van der Waals surface area contributed by atoms with E-state index in [1.807, 2.05) is 4.90 Å². The van der Waals surface area contributed by atoms with Crippen LogP contribution < -0.4 is 20.7 Å². The number of nitrogens with zero attached hydrogens (tertiary/aromatic N) is 4. The normalized spacial score (nSPS) is 17.4. The van der Waals surface area contributed by atoms with Crippen molar-refractivity contribution in [2.75, 3.05) is 27.3 Å². The Morgan fingerprint density at radius 3 is 2.51 bits per heavy atom. The minimum absolute atomic E-state index is 0.0299. The molecule has 2 aromatic carbocycles. The molecule has 1 aromatic heterocycles. The van der Waals surface area contributed by atoms with Crippen LogP contribution in [0.15, 0.2) is 46.0 Å². The molecule has 2 aliphatic rings. The van der Waals surface area contributed by atoms with Crippen molar-refractivity contribution >= 4 is 16.8 Å². The van der Waals surface area contributed by atoms with Crippen LogP contribution in [0.4, 0.5) is 0 Å². The maximum absolute atomic E-state index is 13.8. The smallest absolute Gasteiger partial charge is 0.332 e. The molecule has 0 radical (unpaired) electrons. The number of aromatic nitrogens is 2. The quantitative estimate of drug-likeness (QED) is 0.543. The fraction of sp³-hybridized carbons (Fsp3) is 0.385. The van der Waals surface area contributed by atoms with Crippen LogP contribution in [0.1, 0.15) is 36.4 Å². The molecule has 0 bridgehead atoms. The van der Waals surface area contributed by atoms with Crippen LogP contribution in [0, 0.1) is 17.2 Å². The SMILES string of the molecule is COc1ccc(Cn2c(=O)c3cc(C#N)ccc3n(C3CCN(C(=O)C4CC4)C3)c2=O)cc1OC. The highest BCUT2D eigenvalue weighted by molar-refractivity contribution is 5.82. The second-order valence-corrected chi connectivity index (χ2v) is 9.08. The molecule has 9 nitrogen and oxygen atoms in total. The van der Waals surface area contributed by atoms with E-state index in [2.05, 4.69) is 6.07 Å². The summed E-state index contributed by atoms with van der Waals surface area (Å²) in [7, 11) is 3.06. The Labute approximate surface area is 201 Å². The molecule has 1 saturated carbocycles. The monoisotopic (exact) mass is 474 g/mol. The highest BCUT2D eigenvalue weighted by Gasteiger charge is 2.37. The molecular formula is C26H26N4O5. The number of methoxy groups -OCH3 is 2. The van der Waals surface area contributed by atoms with Gasteiger partial charge in [-0.05, 0) is 55.2 Å². The lowest BCUT2D eigenvalue weighted by molar-refractivity contribution is -0.131. The van der Waals surface area contributed by atoms with Gasteiger partial charge in [0.2, 0.25) is 5.91 Å². The molecule has 3 aromatic rings. The number of rotatable bonds is 6. The number of nitriles is 1. The van der Waals surface area contributed by atoms with Gasteiger partial charge >= 0.3 is 5.69 Å². The topological polar surface area (TPSA) is 107 Å². The van der Waals surface area contributed by atoms with E-state index in [0.717, 1.165) is 12.8 Å². The number of amides is 1. The molecule has 1 unspecified atom stereocenters. The Morgan fingerprint density at radius 1 is 1.06 bits per heavy atom. The van der Waals surface area contributed by atoms with Crippen LogP contribution in [-0.4, -0.2) is 47.3 Å². The number of hydrogen-bond donors (Lipinski definition) is 0. The third-order valence-electron chi connectivity index (χ3n) is 6.85. The van der Waals surface area contributed by atoms with Crippen molar-refractivity contribution in [3.8, 4) is 17.6 Å². The Balaban J connectivity index is 1.62. The Morgan fingerprint density at radius 2 is 1.83 bits per heavy atom. The summed E-state index contributed by atoms with van der Waals surface area (Å²) in [5.74, 6) is 1.30. The van der Waals surface area contributed by atoms with Crippen LogP contribution in [0.25, 0.3) is 10.9 Å². The van der Waals surface area contributed by atoms with E-state index < -0.39 is 11.2 Å². The summed E-state index contributed by atoms with van der Waals surface area (Å²) >= 11 is 0. The molecule has 9 heteroatoms. The number of benzene rings is 2. The zero-order chi connectivity index (χ0) is 24.7. The Hall–Kier alpha value is -4.06. The van der Waals surface area contributed by atoms with Gasteiger partial charge in [0.05, 0.1) is 49.3 Å².